The molecule has 1 aliphatic rings. The molecule has 0 unspecified atom stereocenters. The Morgan fingerprint density at radius 2 is 1.86 bits per heavy atom. The maximum atomic E-state index is 13.0. The smallest absolute Gasteiger partial charge is 0.246 e. The van der Waals surface area contributed by atoms with E-state index in [2.05, 4.69) is 25.4 Å². The van der Waals surface area contributed by atoms with Crippen molar-refractivity contribution in [3.05, 3.63) is 77.4 Å². The lowest BCUT2D eigenvalue weighted by atomic mass is 10.1. The first-order valence-corrected chi connectivity index (χ1v) is 9.77. The van der Waals surface area contributed by atoms with Crippen molar-refractivity contribution >= 4 is 11.6 Å². The van der Waals surface area contributed by atoms with Gasteiger partial charge in [-0.1, -0.05) is 48.0 Å². The first-order chi connectivity index (χ1) is 13.7. The Labute approximate surface area is 165 Å². The molecule has 3 aromatic rings. The SMILES string of the molecule is Cc1ccc(NC(=O)[C@H](NCc2nnc3n2CCCC3)c2ccccc2)cc1. The van der Waals surface area contributed by atoms with E-state index in [1.807, 2.05) is 61.5 Å². The van der Waals surface area contributed by atoms with Crippen molar-refractivity contribution in [1.82, 2.24) is 20.1 Å². The largest absolute Gasteiger partial charge is 0.324 e. The molecule has 1 atom stereocenters. The number of carbonyl (C=O) groups excluding carboxylic acids is 1. The third-order valence-electron chi connectivity index (χ3n) is 5.11. The van der Waals surface area contributed by atoms with Gasteiger partial charge in [0.15, 0.2) is 0 Å². The minimum atomic E-state index is -0.473. The fraction of sp³-hybridized carbons (Fsp3) is 0.318. The number of fused-ring (bicyclic) bond motifs is 1. The van der Waals surface area contributed by atoms with Crippen LogP contribution in [0.3, 0.4) is 0 Å². The van der Waals surface area contributed by atoms with Crippen LogP contribution in [0.15, 0.2) is 54.6 Å². The molecular weight excluding hydrogens is 350 g/mol. The lowest BCUT2D eigenvalue weighted by Gasteiger charge is -2.20. The fourth-order valence-electron chi connectivity index (χ4n) is 3.55. The second kappa shape index (κ2) is 8.35. The monoisotopic (exact) mass is 375 g/mol. The number of hydrogen-bond donors (Lipinski definition) is 2. The van der Waals surface area contributed by atoms with Crippen LogP contribution in [0, 0.1) is 6.92 Å². The maximum Gasteiger partial charge on any atom is 0.246 e. The van der Waals surface area contributed by atoms with Crippen LogP contribution in [-0.2, 0) is 24.3 Å². The number of aryl methyl sites for hydroxylation is 2. The van der Waals surface area contributed by atoms with E-state index in [0.29, 0.717) is 6.54 Å². The van der Waals surface area contributed by atoms with Gasteiger partial charge in [-0.2, -0.15) is 0 Å². The highest BCUT2D eigenvalue weighted by atomic mass is 16.2. The van der Waals surface area contributed by atoms with E-state index >= 15 is 0 Å². The van der Waals surface area contributed by atoms with E-state index in [-0.39, 0.29) is 5.91 Å². The Kier molecular flexibility index (Phi) is 5.48. The van der Waals surface area contributed by atoms with Crippen LogP contribution in [0.1, 0.15) is 41.7 Å². The minimum Gasteiger partial charge on any atom is -0.324 e. The van der Waals surface area contributed by atoms with Crippen molar-refractivity contribution in [2.45, 2.75) is 45.3 Å². The maximum absolute atomic E-state index is 13.0. The zero-order valence-electron chi connectivity index (χ0n) is 16.1. The number of nitrogens with zero attached hydrogens (tertiary/aromatic N) is 3. The number of carbonyl (C=O) groups is 1. The number of hydrogen-bond acceptors (Lipinski definition) is 4. The van der Waals surface area contributed by atoms with Gasteiger partial charge in [0.2, 0.25) is 5.91 Å². The fourth-order valence-corrected chi connectivity index (χ4v) is 3.55. The molecular formula is C22H25N5O. The van der Waals surface area contributed by atoms with Gasteiger partial charge in [0, 0.05) is 18.7 Å². The van der Waals surface area contributed by atoms with Gasteiger partial charge in [0.25, 0.3) is 0 Å². The zero-order valence-corrected chi connectivity index (χ0v) is 16.1. The predicted molar refractivity (Wildman–Crippen MR) is 109 cm³/mol. The topological polar surface area (TPSA) is 71.8 Å². The molecule has 144 valence electrons. The number of nitrogens with one attached hydrogen (secondary N) is 2. The Morgan fingerprint density at radius 1 is 1.07 bits per heavy atom. The van der Waals surface area contributed by atoms with Gasteiger partial charge in [0.1, 0.15) is 17.7 Å². The molecule has 4 rings (SSSR count). The molecule has 0 bridgehead atoms. The van der Waals surface area contributed by atoms with Gasteiger partial charge >= 0.3 is 0 Å². The number of anilines is 1. The van der Waals surface area contributed by atoms with E-state index in [0.717, 1.165) is 54.3 Å². The molecule has 1 aliphatic heterocycles. The average molecular weight is 375 g/mol. The second-order valence-electron chi connectivity index (χ2n) is 7.22. The van der Waals surface area contributed by atoms with Crippen LogP contribution in [0.2, 0.25) is 0 Å². The molecule has 0 saturated heterocycles. The van der Waals surface area contributed by atoms with Gasteiger partial charge in [-0.25, -0.2) is 0 Å². The second-order valence-corrected chi connectivity index (χ2v) is 7.22. The summed E-state index contributed by atoms with van der Waals surface area (Å²) in [4.78, 5) is 13.0. The summed E-state index contributed by atoms with van der Waals surface area (Å²) in [5, 5.41) is 15.0. The van der Waals surface area contributed by atoms with Gasteiger partial charge in [-0.3, -0.25) is 10.1 Å². The third kappa shape index (κ3) is 4.12. The normalized spacial score (nSPS) is 14.3. The highest BCUT2D eigenvalue weighted by Gasteiger charge is 2.22. The summed E-state index contributed by atoms with van der Waals surface area (Å²) in [5.41, 5.74) is 2.87. The molecule has 28 heavy (non-hydrogen) atoms. The summed E-state index contributed by atoms with van der Waals surface area (Å²) in [6.07, 6.45) is 3.29. The van der Waals surface area contributed by atoms with Crippen molar-refractivity contribution in [3.8, 4) is 0 Å². The van der Waals surface area contributed by atoms with Gasteiger partial charge in [-0.15, -0.1) is 10.2 Å². The zero-order chi connectivity index (χ0) is 19.3. The quantitative estimate of drug-likeness (QED) is 0.693. The Balaban J connectivity index is 1.51. The lowest BCUT2D eigenvalue weighted by Crippen LogP contribution is -2.33. The van der Waals surface area contributed by atoms with E-state index in [9.17, 15) is 4.79 Å². The molecule has 1 aromatic heterocycles. The van der Waals surface area contributed by atoms with Crippen molar-refractivity contribution < 1.29 is 4.79 Å². The van der Waals surface area contributed by atoms with E-state index in [1.54, 1.807) is 0 Å². The number of aromatic nitrogens is 3. The van der Waals surface area contributed by atoms with E-state index in [4.69, 9.17) is 0 Å². The predicted octanol–water partition coefficient (Wildman–Crippen LogP) is 3.39. The van der Waals surface area contributed by atoms with Gasteiger partial charge < -0.3 is 9.88 Å². The molecule has 2 heterocycles. The Hall–Kier alpha value is -2.99. The first kappa shape index (κ1) is 18.4. The first-order valence-electron chi connectivity index (χ1n) is 9.77. The highest BCUT2D eigenvalue weighted by molar-refractivity contribution is 5.95. The van der Waals surface area contributed by atoms with Gasteiger partial charge in [-0.05, 0) is 37.5 Å². The molecule has 2 N–H and O–H groups in total. The summed E-state index contributed by atoms with van der Waals surface area (Å²) in [6, 6.07) is 17.1. The number of benzene rings is 2. The third-order valence-corrected chi connectivity index (χ3v) is 5.11. The summed E-state index contributed by atoms with van der Waals surface area (Å²) in [6.45, 7) is 3.47. The molecule has 6 heteroatoms. The minimum absolute atomic E-state index is 0.0894. The molecule has 0 saturated carbocycles. The van der Waals surface area contributed by atoms with Crippen LogP contribution in [-0.4, -0.2) is 20.7 Å². The Morgan fingerprint density at radius 3 is 2.64 bits per heavy atom. The highest BCUT2D eigenvalue weighted by Crippen LogP contribution is 2.19. The van der Waals surface area contributed by atoms with Crippen LogP contribution in [0.5, 0.6) is 0 Å². The summed E-state index contributed by atoms with van der Waals surface area (Å²) >= 11 is 0. The molecule has 6 nitrogen and oxygen atoms in total. The van der Waals surface area contributed by atoms with E-state index < -0.39 is 6.04 Å². The molecule has 1 amide bonds. The lowest BCUT2D eigenvalue weighted by molar-refractivity contribution is -0.118. The van der Waals surface area contributed by atoms with Crippen molar-refractivity contribution in [3.63, 3.8) is 0 Å². The molecule has 0 fully saturated rings. The molecule has 0 radical (unpaired) electrons. The molecule has 0 spiro atoms. The summed E-state index contributed by atoms with van der Waals surface area (Å²) in [5.74, 6) is 1.84. The molecule has 0 aliphatic carbocycles. The summed E-state index contributed by atoms with van der Waals surface area (Å²) in [7, 11) is 0. The summed E-state index contributed by atoms with van der Waals surface area (Å²) < 4.78 is 2.18. The van der Waals surface area contributed by atoms with Gasteiger partial charge in [0.05, 0.1) is 6.54 Å². The number of amides is 1. The standard InChI is InChI=1S/C22H25N5O/c1-16-10-12-18(13-11-16)24-22(28)21(17-7-3-2-4-8-17)23-15-20-26-25-19-9-5-6-14-27(19)20/h2-4,7-8,10-13,21,23H,5-6,9,14-15H2,1H3,(H,24,28)/t21-/m1/s1. The average Bonchev–Trinajstić information content (AvgIpc) is 3.14. The van der Waals surface area contributed by atoms with Crippen molar-refractivity contribution in [1.29, 1.82) is 0 Å². The van der Waals surface area contributed by atoms with Crippen LogP contribution in [0.25, 0.3) is 0 Å². The van der Waals surface area contributed by atoms with Crippen LogP contribution >= 0.6 is 0 Å². The van der Waals surface area contributed by atoms with Crippen LogP contribution in [0.4, 0.5) is 5.69 Å². The Bertz CT molecular complexity index is 933. The van der Waals surface area contributed by atoms with Crippen molar-refractivity contribution in [2.24, 2.45) is 0 Å². The van der Waals surface area contributed by atoms with E-state index in [1.165, 1.54) is 0 Å². The molecule has 2 aromatic carbocycles. The van der Waals surface area contributed by atoms with Crippen LogP contribution < -0.4 is 10.6 Å². The number of rotatable bonds is 6. The van der Waals surface area contributed by atoms with Crippen molar-refractivity contribution in [2.75, 3.05) is 5.32 Å².